The number of nitrogens with zero attached hydrogens (tertiary/aromatic N) is 4. The molecule has 1 aromatic rings. The Labute approximate surface area is 148 Å². The van der Waals surface area contributed by atoms with Crippen molar-refractivity contribution in [1.29, 1.82) is 0 Å². The first-order valence-corrected chi connectivity index (χ1v) is 7.45. The maximum Gasteiger partial charge on any atom is 0.225 e. The maximum atomic E-state index is 12.3. The third kappa shape index (κ3) is 5.46. The summed E-state index contributed by atoms with van der Waals surface area (Å²) in [7, 11) is 0. The summed E-state index contributed by atoms with van der Waals surface area (Å²) in [5, 5.41) is 3.25. The first-order chi connectivity index (χ1) is 10.3. The minimum Gasteiger partial charge on any atom is -0.375 e. The van der Waals surface area contributed by atoms with E-state index in [0.29, 0.717) is 13.0 Å². The van der Waals surface area contributed by atoms with Crippen LogP contribution in [-0.2, 0) is 9.53 Å². The lowest BCUT2D eigenvalue weighted by Crippen LogP contribution is -2.50. The van der Waals surface area contributed by atoms with Gasteiger partial charge in [0.2, 0.25) is 11.9 Å². The van der Waals surface area contributed by atoms with Gasteiger partial charge in [0.15, 0.2) is 0 Å². The van der Waals surface area contributed by atoms with Crippen LogP contribution >= 0.6 is 24.8 Å². The molecule has 1 aromatic heterocycles. The number of ether oxygens (including phenoxy) is 1. The van der Waals surface area contributed by atoms with E-state index in [4.69, 9.17) is 4.74 Å². The fourth-order valence-corrected chi connectivity index (χ4v) is 2.69. The summed E-state index contributed by atoms with van der Waals surface area (Å²) in [6, 6.07) is 1.81. The molecular formula is C14H23Cl2N5O2. The van der Waals surface area contributed by atoms with E-state index in [-0.39, 0.29) is 36.8 Å². The summed E-state index contributed by atoms with van der Waals surface area (Å²) in [6.07, 6.45) is 3.97. The normalized spacial score (nSPS) is 21.1. The molecule has 0 spiro atoms. The molecule has 0 bridgehead atoms. The topological polar surface area (TPSA) is 70.6 Å². The van der Waals surface area contributed by atoms with Crippen molar-refractivity contribution >= 4 is 36.7 Å². The van der Waals surface area contributed by atoms with Crippen molar-refractivity contribution in [2.45, 2.75) is 12.5 Å². The van der Waals surface area contributed by atoms with Crippen LogP contribution in [0, 0.1) is 0 Å². The first kappa shape index (κ1) is 19.9. The van der Waals surface area contributed by atoms with Gasteiger partial charge in [0.05, 0.1) is 19.1 Å². The van der Waals surface area contributed by atoms with Crippen LogP contribution in [0.2, 0.25) is 0 Å². The number of rotatable bonds is 3. The molecule has 1 N–H and O–H groups in total. The van der Waals surface area contributed by atoms with Crippen molar-refractivity contribution in [2.24, 2.45) is 0 Å². The molecule has 1 atom stereocenters. The van der Waals surface area contributed by atoms with Crippen LogP contribution < -0.4 is 10.2 Å². The number of aromatic nitrogens is 2. The summed E-state index contributed by atoms with van der Waals surface area (Å²) in [6.45, 7) is 5.33. The molecule has 0 aromatic carbocycles. The second kappa shape index (κ2) is 9.87. The average molecular weight is 364 g/mol. The monoisotopic (exact) mass is 363 g/mol. The number of carbonyl (C=O) groups excluding carboxylic acids is 1. The summed E-state index contributed by atoms with van der Waals surface area (Å²) in [5.41, 5.74) is 0. The number of hydrogen-bond acceptors (Lipinski definition) is 6. The van der Waals surface area contributed by atoms with E-state index in [9.17, 15) is 4.79 Å². The van der Waals surface area contributed by atoms with Crippen LogP contribution in [0.3, 0.4) is 0 Å². The Balaban J connectivity index is 0.00000132. The lowest BCUT2D eigenvalue weighted by Gasteiger charge is -2.35. The Morgan fingerprint density at radius 2 is 1.91 bits per heavy atom. The third-order valence-corrected chi connectivity index (χ3v) is 3.87. The number of nitrogens with one attached hydrogen (secondary N) is 1. The molecule has 1 unspecified atom stereocenters. The van der Waals surface area contributed by atoms with E-state index >= 15 is 0 Å². The van der Waals surface area contributed by atoms with Crippen molar-refractivity contribution in [3.05, 3.63) is 18.5 Å². The van der Waals surface area contributed by atoms with Crippen LogP contribution in [0.15, 0.2) is 18.5 Å². The highest BCUT2D eigenvalue weighted by Crippen LogP contribution is 2.12. The Morgan fingerprint density at radius 1 is 1.22 bits per heavy atom. The van der Waals surface area contributed by atoms with E-state index in [1.807, 2.05) is 11.0 Å². The quantitative estimate of drug-likeness (QED) is 0.835. The molecule has 23 heavy (non-hydrogen) atoms. The van der Waals surface area contributed by atoms with E-state index in [1.165, 1.54) is 0 Å². The molecule has 3 rings (SSSR count). The summed E-state index contributed by atoms with van der Waals surface area (Å²) in [4.78, 5) is 24.8. The smallest absolute Gasteiger partial charge is 0.225 e. The van der Waals surface area contributed by atoms with Gasteiger partial charge < -0.3 is 19.9 Å². The highest BCUT2D eigenvalue weighted by molar-refractivity contribution is 5.85. The predicted molar refractivity (Wildman–Crippen MR) is 92.5 cm³/mol. The highest BCUT2D eigenvalue weighted by Gasteiger charge is 2.25. The van der Waals surface area contributed by atoms with Crippen LogP contribution in [0.25, 0.3) is 0 Å². The molecule has 3 heterocycles. The number of piperazine rings is 1. The minimum atomic E-state index is 0. The van der Waals surface area contributed by atoms with Crippen LogP contribution in [0.1, 0.15) is 6.42 Å². The van der Waals surface area contributed by atoms with E-state index in [1.54, 1.807) is 12.4 Å². The Hall–Kier alpha value is -1.15. The number of halogens is 2. The van der Waals surface area contributed by atoms with Crippen molar-refractivity contribution in [1.82, 2.24) is 20.2 Å². The summed E-state index contributed by atoms with van der Waals surface area (Å²) in [5.74, 6) is 0.918. The maximum absolute atomic E-state index is 12.3. The van der Waals surface area contributed by atoms with Crippen molar-refractivity contribution in [3.8, 4) is 0 Å². The minimum absolute atomic E-state index is 0. The SMILES string of the molecule is Cl.Cl.O=C(CC1CNCCO1)N1CCN(c2ncccn2)CC1. The second-order valence-corrected chi connectivity index (χ2v) is 5.32. The molecule has 2 saturated heterocycles. The molecule has 130 valence electrons. The average Bonchev–Trinajstić information content (AvgIpc) is 2.57. The molecule has 0 aliphatic carbocycles. The summed E-state index contributed by atoms with van der Waals surface area (Å²) >= 11 is 0. The van der Waals surface area contributed by atoms with Gasteiger partial charge in [0.1, 0.15) is 0 Å². The predicted octanol–water partition coefficient (Wildman–Crippen LogP) is 0.347. The van der Waals surface area contributed by atoms with Gasteiger partial charge in [0, 0.05) is 51.7 Å². The van der Waals surface area contributed by atoms with E-state index < -0.39 is 0 Å². The first-order valence-electron chi connectivity index (χ1n) is 7.45. The van der Waals surface area contributed by atoms with Gasteiger partial charge in [-0.3, -0.25) is 4.79 Å². The number of carbonyl (C=O) groups is 1. The standard InChI is InChI=1S/C14H21N5O2.2ClH/c20-13(10-12-11-15-4-9-21-12)18-5-7-19(8-6-18)14-16-2-1-3-17-14;;/h1-3,12,15H,4-11H2;2*1H. The van der Waals surface area contributed by atoms with Gasteiger partial charge in [-0.05, 0) is 6.07 Å². The molecule has 2 fully saturated rings. The number of hydrogen-bond donors (Lipinski definition) is 1. The highest BCUT2D eigenvalue weighted by atomic mass is 35.5. The lowest BCUT2D eigenvalue weighted by atomic mass is 10.2. The van der Waals surface area contributed by atoms with Gasteiger partial charge in [-0.25, -0.2) is 9.97 Å². The van der Waals surface area contributed by atoms with Gasteiger partial charge in [0.25, 0.3) is 0 Å². The molecular weight excluding hydrogens is 341 g/mol. The Morgan fingerprint density at radius 3 is 2.52 bits per heavy atom. The fraction of sp³-hybridized carbons (Fsp3) is 0.643. The molecule has 1 amide bonds. The van der Waals surface area contributed by atoms with E-state index in [2.05, 4.69) is 20.2 Å². The largest absolute Gasteiger partial charge is 0.375 e. The number of anilines is 1. The molecule has 9 heteroatoms. The zero-order valence-corrected chi connectivity index (χ0v) is 14.5. The molecule has 0 saturated carbocycles. The Kier molecular flexibility index (Phi) is 8.54. The van der Waals surface area contributed by atoms with Crippen molar-refractivity contribution < 1.29 is 9.53 Å². The number of morpholine rings is 1. The summed E-state index contributed by atoms with van der Waals surface area (Å²) < 4.78 is 5.59. The van der Waals surface area contributed by atoms with E-state index in [0.717, 1.165) is 45.2 Å². The molecule has 7 nitrogen and oxygen atoms in total. The van der Waals surface area contributed by atoms with Gasteiger partial charge in [-0.2, -0.15) is 0 Å². The van der Waals surface area contributed by atoms with Crippen molar-refractivity contribution in [2.75, 3.05) is 50.8 Å². The van der Waals surface area contributed by atoms with Crippen LogP contribution in [0.4, 0.5) is 5.95 Å². The lowest BCUT2D eigenvalue weighted by molar-refractivity contribution is -0.135. The molecule has 2 aliphatic rings. The fourth-order valence-electron chi connectivity index (χ4n) is 2.69. The molecule has 2 aliphatic heterocycles. The van der Waals surface area contributed by atoms with Gasteiger partial charge in [-0.1, -0.05) is 0 Å². The van der Waals surface area contributed by atoms with Crippen LogP contribution in [-0.4, -0.2) is 72.8 Å². The number of amides is 1. The Bertz CT molecular complexity index is 465. The van der Waals surface area contributed by atoms with Gasteiger partial charge in [-0.15, -0.1) is 24.8 Å². The second-order valence-electron chi connectivity index (χ2n) is 5.32. The molecule has 0 radical (unpaired) electrons. The van der Waals surface area contributed by atoms with Crippen LogP contribution in [0.5, 0.6) is 0 Å². The van der Waals surface area contributed by atoms with Crippen molar-refractivity contribution in [3.63, 3.8) is 0 Å². The zero-order chi connectivity index (χ0) is 14.5. The third-order valence-electron chi connectivity index (χ3n) is 3.87. The zero-order valence-electron chi connectivity index (χ0n) is 12.9. The van der Waals surface area contributed by atoms with Gasteiger partial charge >= 0.3 is 0 Å².